The highest BCUT2D eigenvalue weighted by Gasteiger charge is 2.32. The number of anilines is 1. The van der Waals surface area contributed by atoms with Gasteiger partial charge in [-0.05, 0) is 30.2 Å². The van der Waals surface area contributed by atoms with E-state index in [0.717, 1.165) is 12.1 Å². The van der Waals surface area contributed by atoms with Crippen LogP contribution in [0.2, 0.25) is 0 Å². The average Bonchev–Trinajstić information content (AvgIpc) is 2.48. The summed E-state index contributed by atoms with van der Waals surface area (Å²) in [6.45, 7) is 0.382. The van der Waals surface area contributed by atoms with Crippen LogP contribution in [-0.4, -0.2) is 30.3 Å². The molecule has 9 heteroatoms. The van der Waals surface area contributed by atoms with Gasteiger partial charge >= 0.3 is 6.18 Å². The van der Waals surface area contributed by atoms with E-state index in [9.17, 15) is 22.8 Å². The summed E-state index contributed by atoms with van der Waals surface area (Å²) in [5.74, 6) is -1.13. The topological polar surface area (TPSA) is 75.4 Å². The lowest BCUT2D eigenvalue weighted by Gasteiger charge is -2.28. The number of benzene rings is 1. The molecule has 1 unspecified atom stereocenters. The Labute approximate surface area is 143 Å². The maximum Gasteiger partial charge on any atom is 0.416 e. The number of nitrogens with one attached hydrogen (secondary N) is 1. The van der Waals surface area contributed by atoms with Gasteiger partial charge in [-0.25, -0.2) is 0 Å². The number of alkyl halides is 3. The first-order valence-corrected chi connectivity index (χ1v) is 7.16. The summed E-state index contributed by atoms with van der Waals surface area (Å²) in [5, 5.41) is 2.47. The highest BCUT2D eigenvalue weighted by Crippen LogP contribution is 2.32. The van der Waals surface area contributed by atoms with Gasteiger partial charge in [0.2, 0.25) is 11.8 Å². The second kappa shape index (κ2) is 7.85. The number of rotatable bonds is 3. The molecule has 0 saturated carbocycles. The molecule has 1 heterocycles. The van der Waals surface area contributed by atoms with Gasteiger partial charge in [0.15, 0.2) is 0 Å². The predicted molar refractivity (Wildman–Crippen MR) is 85.6 cm³/mol. The van der Waals surface area contributed by atoms with Gasteiger partial charge in [0.25, 0.3) is 0 Å². The molecule has 134 valence electrons. The molecule has 5 nitrogen and oxygen atoms in total. The summed E-state index contributed by atoms with van der Waals surface area (Å²) in [5.41, 5.74) is 4.85. The Kier molecular flexibility index (Phi) is 6.62. The number of hydrogen-bond donors (Lipinski definition) is 2. The van der Waals surface area contributed by atoms with E-state index in [1.54, 1.807) is 7.05 Å². The molecule has 1 aliphatic heterocycles. The standard InChI is InChI=1S/C15H18F3N3O2.ClH/c1-21-3-2-10(6-13(21)22)14(23)20-12-5-9(8-19)4-11(7-12)15(16,17)18;/h4-5,7,10H,2-3,6,8,19H2,1H3,(H,20,23);1H. The minimum atomic E-state index is -4.52. The summed E-state index contributed by atoms with van der Waals surface area (Å²) in [6, 6.07) is 3.23. The van der Waals surface area contributed by atoms with Gasteiger partial charge in [0.1, 0.15) is 0 Å². The molecule has 0 bridgehead atoms. The second-order valence-electron chi connectivity index (χ2n) is 5.61. The molecule has 0 aliphatic carbocycles. The van der Waals surface area contributed by atoms with Crippen molar-refractivity contribution in [3.63, 3.8) is 0 Å². The molecule has 3 N–H and O–H groups in total. The van der Waals surface area contributed by atoms with E-state index in [0.29, 0.717) is 13.0 Å². The molecule has 1 aliphatic rings. The predicted octanol–water partition coefficient (Wildman–Crippen LogP) is 2.39. The first kappa shape index (κ1) is 20.2. The Morgan fingerprint density at radius 1 is 1.38 bits per heavy atom. The Balaban J connectivity index is 0.00000288. The first-order chi connectivity index (χ1) is 10.7. The van der Waals surface area contributed by atoms with Crippen LogP contribution in [0.4, 0.5) is 18.9 Å². The van der Waals surface area contributed by atoms with Gasteiger partial charge < -0.3 is 16.0 Å². The third-order valence-corrected chi connectivity index (χ3v) is 3.85. The van der Waals surface area contributed by atoms with Crippen molar-refractivity contribution >= 4 is 29.9 Å². The minimum absolute atomic E-state index is 0. The Morgan fingerprint density at radius 3 is 2.58 bits per heavy atom. The summed E-state index contributed by atoms with van der Waals surface area (Å²) >= 11 is 0. The van der Waals surface area contributed by atoms with E-state index in [-0.39, 0.29) is 42.5 Å². The van der Waals surface area contributed by atoms with Crippen LogP contribution in [-0.2, 0) is 22.3 Å². The summed E-state index contributed by atoms with van der Waals surface area (Å²) in [6.07, 6.45) is -3.98. The van der Waals surface area contributed by atoms with E-state index in [1.807, 2.05) is 0 Å². The van der Waals surface area contributed by atoms with Crippen LogP contribution < -0.4 is 11.1 Å². The fraction of sp³-hybridized carbons (Fsp3) is 0.467. The number of nitrogens with two attached hydrogens (primary N) is 1. The van der Waals surface area contributed by atoms with Crippen LogP contribution in [0, 0.1) is 5.92 Å². The van der Waals surface area contributed by atoms with Crippen LogP contribution in [0.3, 0.4) is 0 Å². The van der Waals surface area contributed by atoms with Crippen molar-refractivity contribution in [2.24, 2.45) is 11.7 Å². The number of amides is 2. The average molecular weight is 366 g/mol. The number of carbonyl (C=O) groups excluding carboxylic acids is 2. The van der Waals surface area contributed by atoms with E-state index in [4.69, 9.17) is 5.73 Å². The second-order valence-corrected chi connectivity index (χ2v) is 5.61. The molecule has 0 aromatic heterocycles. The van der Waals surface area contributed by atoms with Crippen molar-refractivity contribution in [1.29, 1.82) is 0 Å². The van der Waals surface area contributed by atoms with Crippen molar-refractivity contribution in [1.82, 2.24) is 4.90 Å². The first-order valence-electron chi connectivity index (χ1n) is 7.16. The number of carbonyl (C=O) groups is 2. The SMILES string of the molecule is CN1CCC(C(=O)Nc2cc(CN)cc(C(F)(F)F)c2)CC1=O.Cl. The lowest BCUT2D eigenvalue weighted by atomic mass is 9.95. The minimum Gasteiger partial charge on any atom is -0.346 e. The van der Waals surface area contributed by atoms with E-state index >= 15 is 0 Å². The molecular formula is C15H19ClF3N3O2. The van der Waals surface area contributed by atoms with Gasteiger partial charge in [0, 0.05) is 38.2 Å². The lowest BCUT2D eigenvalue weighted by molar-refractivity contribution is -0.137. The number of likely N-dealkylation sites (tertiary alicyclic amines) is 1. The maximum atomic E-state index is 12.9. The highest BCUT2D eigenvalue weighted by molar-refractivity contribution is 5.95. The molecule has 0 radical (unpaired) electrons. The zero-order valence-corrected chi connectivity index (χ0v) is 13.8. The van der Waals surface area contributed by atoms with Crippen LogP contribution in [0.5, 0.6) is 0 Å². The molecule has 2 amide bonds. The lowest BCUT2D eigenvalue weighted by Crippen LogP contribution is -2.39. The summed E-state index contributed by atoms with van der Waals surface area (Å²) in [7, 11) is 1.65. The zero-order chi connectivity index (χ0) is 17.2. The van der Waals surface area contributed by atoms with Crippen LogP contribution in [0.25, 0.3) is 0 Å². The third-order valence-electron chi connectivity index (χ3n) is 3.85. The van der Waals surface area contributed by atoms with Gasteiger partial charge in [-0.3, -0.25) is 9.59 Å². The number of halogens is 4. The Bertz CT molecular complexity index is 622. The van der Waals surface area contributed by atoms with Gasteiger partial charge in [-0.2, -0.15) is 13.2 Å². The molecule has 1 aromatic rings. The smallest absolute Gasteiger partial charge is 0.346 e. The molecule has 24 heavy (non-hydrogen) atoms. The van der Waals surface area contributed by atoms with Crippen LogP contribution in [0.15, 0.2) is 18.2 Å². The third kappa shape index (κ3) is 4.85. The molecule has 1 saturated heterocycles. The van der Waals surface area contributed by atoms with Crippen molar-refractivity contribution in [2.75, 3.05) is 18.9 Å². The normalized spacial score (nSPS) is 18.1. The molecule has 1 fully saturated rings. The Morgan fingerprint density at radius 2 is 2.04 bits per heavy atom. The molecular weight excluding hydrogens is 347 g/mol. The highest BCUT2D eigenvalue weighted by atomic mass is 35.5. The molecule has 1 atom stereocenters. The van der Waals surface area contributed by atoms with Crippen molar-refractivity contribution < 1.29 is 22.8 Å². The van der Waals surface area contributed by atoms with Crippen molar-refractivity contribution in [3.8, 4) is 0 Å². The van der Waals surface area contributed by atoms with Crippen LogP contribution >= 0.6 is 12.4 Å². The summed E-state index contributed by atoms with van der Waals surface area (Å²) in [4.78, 5) is 25.3. The maximum absolute atomic E-state index is 12.9. The fourth-order valence-electron chi connectivity index (χ4n) is 2.46. The zero-order valence-electron chi connectivity index (χ0n) is 13.0. The monoisotopic (exact) mass is 365 g/mol. The quantitative estimate of drug-likeness (QED) is 0.863. The van der Waals surface area contributed by atoms with E-state index in [1.165, 1.54) is 11.0 Å². The van der Waals surface area contributed by atoms with Gasteiger partial charge in [0.05, 0.1) is 5.56 Å². The number of hydrogen-bond acceptors (Lipinski definition) is 3. The van der Waals surface area contributed by atoms with Crippen molar-refractivity contribution in [3.05, 3.63) is 29.3 Å². The molecule has 1 aromatic carbocycles. The molecule has 0 spiro atoms. The largest absolute Gasteiger partial charge is 0.416 e. The number of nitrogens with zero attached hydrogens (tertiary/aromatic N) is 1. The fourth-order valence-corrected chi connectivity index (χ4v) is 2.46. The summed E-state index contributed by atoms with van der Waals surface area (Å²) < 4.78 is 38.6. The van der Waals surface area contributed by atoms with Crippen molar-refractivity contribution in [2.45, 2.75) is 25.6 Å². The van der Waals surface area contributed by atoms with Crippen LogP contribution in [0.1, 0.15) is 24.0 Å². The number of piperidine rings is 1. The molecule has 2 rings (SSSR count). The van der Waals surface area contributed by atoms with E-state index in [2.05, 4.69) is 5.32 Å². The Hall–Kier alpha value is -1.80. The van der Waals surface area contributed by atoms with Gasteiger partial charge in [-0.15, -0.1) is 12.4 Å². The van der Waals surface area contributed by atoms with Gasteiger partial charge in [-0.1, -0.05) is 0 Å². The van der Waals surface area contributed by atoms with E-state index < -0.39 is 23.6 Å².